The van der Waals surface area contributed by atoms with E-state index in [9.17, 15) is 4.39 Å². The second-order valence-corrected chi connectivity index (χ2v) is 6.23. The van der Waals surface area contributed by atoms with Gasteiger partial charge < -0.3 is 5.73 Å². The molecule has 0 amide bonds. The largest absolute Gasteiger partial charge is 0.329 e. The Balaban J connectivity index is 2.24. The molecule has 2 N–H and O–H groups in total. The van der Waals surface area contributed by atoms with E-state index in [1.165, 1.54) is 6.42 Å². The maximum atomic E-state index is 14.2. The van der Waals surface area contributed by atoms with E-state index in [2.05, 4.69) is 18.7 Å². The zero-order chi connectivity index (χ0) is 14.8. The SMILES string of the molecule is CCC1(CC)CCN(C(CN)c2cccc(Cl)c2F)C1. The lowest BCUT2D eigenvalue weighted by molar-refractivity contribution is 0.195. The van der Waals surface area contributed by atoms with E-state index in [1.54, 1.807) is 18.2 Å². The summed E-state index contributed by atoms with van der Waals surface area (Å²) in [5.41, 5.74) is 6.91. The van der Waals surface area contributed by atoms with Crippen LogP contribution in [0.2, 0.25) is 5.02 Å². The van der Waals surface area contributed by atoms with Crippen LogP contribution in [0.1, 0.15) is 44.7 Å². The number of rotatable bonds is 5. The Kier molecular flexibility index (Phi) is 5.05. The molecule has 0 radical (unpaired) electrons. The van der Waals surface area contributed by atoms with Crippen molar-refractivity contribution < 1.29 is 4.39 Å². The van der Waals surface area contributed by atoms with Crippen molar-refractivity contribution in [1.29, 1.82) is 0 Å². The lowest BCUT2D eigenvalue weighted by atomic mass is 9.82. The van der Waals surface area contributed by atoms with Crippen LogP contribution >= 0.6 is 11.6 Å². The molecule has 0 spiro atoms. The molecule has 1 aromatic rings. The average Bonchev–Trinajstić information content (AvgIpc) is 2.89. The number of hydrogen-bond acceptors (Lipinski definition) is 2. The molecule has 0 aromatic heterocycles. The van der Waals surface area contributed by atoms with Crippen molar-refractivity contribution in [2.75, 3.05) is 19.6 Å². The van der Waals surface area contributed by atoms with Gasteiger partial charge in [-0.25, -0.2) is 4.39 Å². The highest BCUT2D eigenvalue weighted by molar-refractivity contribution is 6.30. The molecule has 1 atom stereocenters. The monoisotopic (exact) mass is 298 g/mol. The lowest BCUT2D eigenvalue weighted by Gasteiger charge is -2.31. The fourth-order valence-corrected chi connectivity index (χ4v) is 3.50. The summed E-state index contributed by atoms with van der Waals surface area (Å²) in [5, 5.41) is 0.178. The summed E-state index contributed by atoms with van der Waals surface area (Å²) < 4.78 is 14.2. The van der Waals surface area contributed by atoms with Gasteiger partial charge in [-0.15, -0.1) is 0 Å². The van der Waals surface area contributed by atoms with E-state index in [0.717, 1.165) is 25.9 Å². The van der Waals surface area contributed by atoms with Crippen LogP contribution in [0.3, 0.4) is 0 Å². The van der Waals surface area contributed by atoms with Crippen molar-refractivity contribution in [1.82, 2.24) is 4.90 Å². The van der Waals surface area contributed by atoms with Crippen LogP contribution in [0.5, 0.6) is 0 Å². The Morgan fingerprint density at radius 1 is 1.40 bits per heavy atom. The zero-order valence-electron chi connectivity index (χ0n) is 12.3. The number of nitrogens with zero attached hydrogens (tertiary/aromatic N) is 1. The zero-order valence-corrected chi connectivity index (χ0v) is 13.1. The number of likely N-dealkylation sites (tertiary alicyclic amines) is 1. The van der Waals surface area contributed by atoms with Crippen molar-refractivity contribution in [2.45, 2.75) is 39.2 Å². The third kappa shape index (κ3) is 2.85. The lowest BCUT2D eigenvalue weighted by Crippen LogP contribution is -2.34. The topological polar surface area (TPSA) is 29.3 Å². The predicted octanol–water partition coefficient (Wildman–Crippen LogP) is 3.99. The maximum Gasteiger partial charge on any atom is 0.146 e. The van der Waals surface area contributed by atoms with Crippen LogP contribution in [-0.2, 0) is 0 Å². The Labute approximate surface area is 126 Å². The number of nitrogens with two attached hydrogens (primary N) is 1. The minimum absolute atomic E-state index is 0.0753. The minimum Gasteiger partial charge on any atom is -0.329 e. The van der Waals surface area contributed by atoms with Crippen LogP contribution < -0.4 is 5.73 Å². The summed E-state index contributed by atoms with van der Waals surface area (Å²) in [7, 11) is 0. The highest BCUT2D eigenvalue weighted by Crippen LogP contribution is 2.40. The molecule has 1 unspecified atom stereocenters. The molecule has 1 fully saturated rings. The molecule has 4 heteroatoms. The fraction of sp³-hybridized carbons (Fsp3) is 0.625. The van der Waals surface area contributed by atoms with Gasteiger partial charge in [0, 0.05) is 24.7 Å². The van der Waals surface area contributed by atoms with Gasteiger partial charge >= 0.3 is 0 Å². The van der Waals surface area contributed by atoms with Crippen LogP contribution in [-0.4, -0.2) is 24.5 Å². The Hall–Kier alpha value is -0.640. The molecule has 1 aliphatic heterocycles. The van der Waals surface area contributed by atoms with Crippen LogP contribution in [0.4, 0.5) is 4.39 Å². The van der Waals surface area contributed by atoms with Gasteiger partial charge in [-0.2, -0.15) is 0 Å². The first-order valence-electron chi connectivity index (χ1n) is 7.45. The van der Waals surface area contributed by atoms with Gasteiger partial charge in [0.25, 0.3) is 0 Å². The summed E-state index contributed by atoms with van der Waals surface area (Å²) in [6.07, 6.45) is 3.49. The molecule has 0 bridgehead atoms. The summed E-state index contributed by atoms with van der Waals surface area (Å²) in [6.45, 7) is 6.87. The normalized spacial score (nSPS) is 20.2. The standard InChI is InChI=1S/C16H24ClFN2/c1-3-16(4-2)8-9-20(11-16)14(10-19)12-6-5-7-13(17)15(12)18/h5-7,14H,3-4,8-11,19H2,1-2H3. The molecule has 2 nitrogen and oxygen atoms in total. The Morgan fingerprint density at radius 2 is 2.10 bits per heavy atom. The molecule has 2 rings (SSSR count). The summed E-state index contributed by atoms with van der Waals surface area (Å²) in [6, 6.07) is 5.11. The molecule has 1 heterocycles. The smallest absolute Gasteiger partial charge is 0.146 e. The van der Waals surface area contributed by atoms with Crippen LogP contribution in [0, 0.1) is 11.2 Å². The average molecular weight is 299 g/mol. The fourth-order valence-electron chi connectivity index (χ4n) is 3.31. The van der Waals surface area contributed by atoms with E-state index < -0.39 is 0 Å². The van der Waals surface area contributed by atoms with E-state index in [4.69, 9.17) is 17.3 Å². The van der Waals surface area contributed by atoms with E-state index in [-0.39, 0.29) is 16.9 Å². The molecular formula is C16H24ClFN2. The van der Waals surface area contributed by atoms with Gasteiger partial charge in [-0.3, -0.25) is 4.90 Å². The van der Waals surface area contributed by atoms with Crippen LogP contribution in [0.25, 0.3) is 0 Å². The highest BCUT2D eigenvalue weighted by atomic mass is 35.5. The van der Waals surface area contributed by atoms with Gasteiger partial charge in [0.15, 0.2) is 0 Å². The number of halogens is 2. The third-order valence-electron chi connectivity index (χ3n) is 4.97. The molecule has 0 saturated carbocycles. The molecule has 1 aliphatic rings. The Morgan fingerprint density at radius 3 is 2.65 bits per heavy atom. The molecule has 1 saturated heterocycles. The second-order valence-electron chi connectivity index (χ2n) is 5.82. The third-order valence-corrected chi connectivity index (χ3v) is 5.26. The summed E-state index contributed by atoms with van der Waals surface area (Å²) in [4.78, 5) is 2.32. The van der Waals surface area contributed by atoms with Crippen molar-refractivity contribution in [2.24, 2.45) is 11.1 Å². The van der Waals surface area contributed by atoms with Crippen molar-refractivity contribution in [3.8, 4) is 0 Å². The quantitative estimate of drug-likeness (QED) is 0.890. The predicted molar refractivity (Wildman–Crippen MR) is 82.4 cm³/mol. The minimum atomic E-state index is -0.324. The summed E-state index contributed by atoms with van der Waals surface area (Å²) >= 11 is 5.90. The second kappa shape index (κ2) is 6.42. The van der Waals surface area contributed by atoms with Gasteiger partial charge in [-0.05, 0) is 37.3 Å². The molecule has 1 aromatic carbocycles. The van der Waals surface area contributed by atoms with Gasteiger partial charge in [0.2, 0.25) is 0 Å². The molecule has 20 heavy (non-hydrogen) atoms. The molecule has 0 aliphatic carbocycles. The number of hydrogen-bond donors (Lipinski definition) is 1. The first-order chi connectivity index (χ1) is 9.56. The van der Waals surface area contributed by atoms with Crippen molar-refractivity contribution >= 4 is 11.6 Å². The molecule has 112 valence electrons. The van der Waals surface area contributed by atoms with Crippen molar-refractivity contribution in [3.05, 3.63) is 34.6 Å². The van der Waals surface area contributed by atoms with E-state index in [1.807, 2.05) is 0 Å². The van der Waals surface area contributed by atoms with Gasteiger partial charge in [0.1, 0.15) is 5.82 Å². The highest BCUT2D eigenvalue weighted by Gasteiger charge is 2.38. The summed E-state index contributed by atoms with van der Waals surface area (Å²) in [5.74, 6) is -0.324. The van der Waals surface area contributed by atoms with E-state index >= 15 is 0 Å². The first kappa shape index (κ1) is 15.7. The van der Waals surface area contributed by atoms with E-state index in [0.29, 0.717) is 17.5 Å². The van der Waals surface area contributed by atoms with Crippen molar-refractivity contribution in [3.63, 3.8) is 0 Å². The first-order valence-corrected chi connectivity index (χ1v) is 7.82. The van der Waals surface area contributed by atoms with Crippen LogP contribution in [0.15, 0.2) is 18.2 Å². The maximum absolute atomic E-state index is 14.2. The van der Waals surface area contributed by atoms with Gasteiger partial charge in [0.05, 0.1) is 5.02 Å². The molecular weight excluding hydrogens is 275 g/mol. The van der Waals surface area contributed by atoms with Gasteiger partial charge in [-0.1, -0.05) is 37.6 Å². The number of benzene rings is 1. The Bertz CT molecular complexity index is 460.